The van der Waals surface area contributed by atoms with Gasteiger partial charge in [0.2, 0.25) is 21.9 Å². The number of hydrogen-bond donors (Lipinski definition) is 2. The van der Waals surface area contributed by atoms with E-state index in [0.29, 0.717) is 0 Å². The highest BCUT2D eigenvalue weighted by atomic mass is 32.2. The number of anilines is 1. The summed E-state index contributed by atoms with van der Waals surface area (Å²) in [6, 6.07) is 6.28. The molecule has 0 spiro atoms. The Morgan fingerprint density at radius 2 is 1.83 bits per heavy atom. The monoisotopic (exact) mass is 449 g/mol. The lowest BCUT2D eigenvalue weighted by Crippen LogP contribution is -2.56. The standard InChI is InChI=1S/C18H22F3N3O5S/c1-2-11-30(26,27)24-14-15(23-13-6-4-3-5-12(13)22-14)29-16(18(19,20)21)17(25)7-9-28-10-8-17/h3-6,16,25H,2,7-11H2,1H3,(H,22,24). The zero-order valence-corrected chi connectivity index (χ0v) is 17.0. The maximum absolute atomic E-state index is 13.8. The van der Waals surface area contributed by atoms with Crippen LogP contribution in [-0.4, -0.2) is 60.3 Å². The predicted molar refractivity (Wildman–Crippen MR) is 103 cm³/mol. The maximum Gasteiger partial charge on any atom is 0.428 e. The SMILES string of the molecule is CCCS(=O)(=O)Nc1nc2ccccc2nc1OC(C(F)(F)F)C1(O)CCOCC1. The quantitative estimate of drug-likeness (QED) is 0.669. The normalized spacial score (nSPS) is 18.2. The largest absolute Gasteiger partial charge is 0.459 e. The summed E-state index contributed by atoms with van der Waals surface area (Å²) in [5, 5.41) is 10.6. The van der Waals surface area contributed by atoms with Crippen LogP contribution in [0.25, 0.3) is 11.0 Å². The number of nitrogens with one attached hydrogen (secondary N) is 1. The van der Waals surface area contributed by atoms with Gasteiger partial charge in [0, 0.05) is 26.1 Å². The fraction of sp³-hybridized carbons (Fsp3) is 0.556. The van der Waals surface area contributed by atoms with Crippen LogP contribution in [0.2, 0.25) is 0 Å². The predicted octanol–water partition coefficient (Wildman–Crippen LogP) is 2.63. The number of aliphatic hydroxyl groups is 1. The first-order chi connectivity index (χ1) is 14.0. The molecule has 1 aromatic carbocycles. The lowest BCUT2D eigenvalue weighted by atomic mass is 9.87. The molecule has 1 unspecified atom stereocenters. The fourth-order valence-corrected chi connectivity index (χ4v) is 4.25. The minimum Gasteiger partial charge on any atom is -0.459 e. The third-order valence-corrected chi connectivity index (χ3v) is 6.09. The van der Waals surface area contributed by atoms with Crippen molar-refractivity contribution in [2.75, 3.05) is 23.7 Å². The molecule has 0 aliphatic carbocycles. The van der Waals surface area contributed by atoms with Crippen LogP contribution >= 0.6 is 0 Å². The van der Waals surface area contributed by atoms with Crippen molar-refractivity contribution >= 4 is 26.9 Å². The second-order valence-corrected chi connectivity index (χ2v) is 8.88. The van der Waals surface area contributed by atoms with Crippen LogP contribution in [0.3, 0.4) is 0 Å². The Hall–Kier alpha value is -2.18. The first-order valence-electron chi connectivity index (χ1n) is 9.35. The van der Waals surface area contributed by atoms with Crippen molar-refractivity contribution in [3.05, 3.63) is 24.3 Å². The number of halogens is 3. The average Bonchev–Trinajstić information content (AvgIpc) is 2.65. The Bertz CT molecular complexity index is 994. The van der Waals surface area contributed by atoms with Crippen molar-refractivity contribution in [2.24, 2.45) is 0 Å². The Morgan fingerprint density at radius 1 is 1.23 bits per heavy atom. The summed E-state index contributed by atoms with van der Waals surface area (Å²) in [6.07, 6.45) is -7.89. The lowest BCUT2D eigenvalue weighted by Gasteiger charge is -2.39. The molecule has 1 aliphatic heterocycles. The summed E-state index contributed by atoms with van der Waals surface area (Å²) in [4.78, 5) is 8.14. The van der Waals surface area contributed by atoms with Gasteiger partial charge in [-0.3, -0.25) is 4.72 Å². The van der Waals surface area contributed by atoms with Crippen LogP contribution in [0.4, 0.5) is 19.0 Å². The highest BCUT2D eigenvalue weighted by Crippen LogP contribution is 2.39. The molecule has 0 amide bonds. The molecule has 0 bridgehead atoms. The third-order valence-electron chi connectivity index (χ3n) is 4.64. The van der Waals surface area contributed by atoms with Gasteiger partial charge in [0.1, 0.15) is 5.60 Å². The van der Waals surface area contributed by atoms with E-state index in [0.717, 1.165) is 0 Å². The number of benzene rings is 1. The van der Waals surface area contributed by atoms with E-state index in [1.165, 1.54) is 12.1 Å². The molecule has 0 radical (unpaired) electrons. The highest BCUT2D eigenvalue weighted by Gasteiger charge is 2.56. The number of para-hydroxylation sites is 2. The first-order valence-corrected chi connectivity index (χ1v) is 11.0. The number of ether oxygens (including phenoxy) is 2. The van der Waals surface area contributed by atoms with Gasteiger partial charge in [-0.15, -0.1) is 0 Å². The van der Waals surface area contributed by atoms with Crippen molar-refractivity contribution in [3.8, 4) is 5.88 Å². The summed E-state index contributed by atoms with van der Waals surface area (Å²) < 4.78 is 78.3. The Balaban J connectivity index is 2.06. The van der Waals surface area contributed by atoms with E-state index in [9.17, 15) is 26.7 Å². The van der Waals surface area contributed by atoms with Crippen LogP contribution < -0.4 is 9.46 Å². The van der Waals surface area contributed by atoms with Gasteiger partial charge in [0.15, 0.2) is 0 Å². The maximum atomic E-state index is 13.8. The summed E-state index contributed by atoms with van der Waals surface area (Å²) in [5.41, 5.74) is -1.76. The fourth-order valence-electron chi connectivity index (χ4n) is 3.18. The number of sulfonamides is 1. The first kappa shape index (κ1) is 22.5. The molecular formula is C18H22F3N3O5S. The van der Waals surface area contributed by atoms with Gasteiger partial charge in [0.25, 0.3) is 5.88 Å². The molecule has 1 aliphatic rings. The van der Waals surface area contributed by atoms with E-state index in [-0.39, 0.29) is 49.3 Å². The lowest BCUT2D eigenvalue weighted by molar-refractivity contribution is -0.260. The molecular weight excluding hydrogens is 427 g/mol. The van der Waals surface area contributed by atoms with Crippen molar-refractivity contribution in [1.82, 2.24) is 9.97 Å². The Labute approximate surface area is 171 Å². The zero-order chi connectivity index (χ0) is 22.0. The van der Waals surface area contributed by atoms with Gasteiger partial charge < -0.3 is 14.6 Å². The molecule has 1 aromatic heterocycles. The van der Waals surface area contributed by atoms with E-state index >= 15 is 0 Å². The van der Waals surface area contributed by atoms with Crippen LogP contribution in [0.15, 0.2) is 24.3 Å². The Kier molecular flexibility index (Phi) is 6.39. The van der Waals surface area contributed by atoms with Gasteiger partial charge in [-0.2, -0.15) is 13.2 Å². The summed E-state index contributed by atoms with van der Waals surface area (Å²) >= 11 is 0. The van der Waals surface area contributed by atoms with E-state index < -0.39 is 39.6 Å². The second kappa shape index (κ2) is 8.52. The Morgan fingerprint density at radius 3 is 2.40 bits per heavy atom. The summed E-state index contributed by atoms with van der Waals surface area (Å²) in [6.45, 7) is 1.51. The number of rotatable bonds is 7. The molecule has 0 saturated carbocycles. The van der Waals surface area contributed by atoms with E-state index in [1.807, 2.05) is 0 Å². The van der Waals surface area contributed by atoms with E-state index in [4.69, 9.17) is 9.47 Å². The minimum atomic E-state index is -4.95. The van der Waals surface area contributed by atoms with Gasteiger partial charge in [-0.25, -0.2) is 18.4 Å². The zero-order valence-electron chi connectivity index (χ0n) is 16.1. The number of nitrogens with zero attached hydrogens (tertiary/aromatic N) is 2. The minimum absolute atomic E-state index is 0.0637. The molecule has 2 N–H and O–H groups in total. The molecule has 8 nitrogen and oxygen atoms in total. The summed E-state index contributed by atoms with van der Waals surface area (Å²) in [5.74, 6) is -1.38. The molecule has 1 atom stereocenters. The number of alkyl halides is 3. The van der Waals surface area contributed by atoms with Crippen molar-refractivity contribution in [3.63, 3.8) is 0 Å². The van der Waals surface area contributed by atoms with E-state index in [1.54, 1.807) is 19.1 Å². The molecule has 3 rings (SSSR count). The molecule has 2 aromatic rings. The highest BCUT2D eigenvalue weighted by molar-refractivity contribution is 7.92. The van der Waals surface area contributed by atoms with Crippen molar-refractivity contribution in [1.29, 1.82) is 0 Å². The van der Waals surface area contributed by atoms with Crippen LogP contribution in [0, 0.1) is 0 Å². The van der Waals surface area contributed by atoms with Gasteiger partial charge in [-0.05, 0) is 18.6 Å². The number of hydrogen-bond acceptors (Lipinski definition) is 7. The molecule has 1 saturated heterocycles. The number of aromatic nitrogens is 2. The third kappa shape index (κ3) is 5.10. The molecule has 166 valence electrons. The molecule has 12 heteroatoms. The topological polar surface area (TPSA) is 111 Å². The van der Waals surface area contributed by atoms with Gasteiger partial charge >= 0.3 is 6.18 Å². The second-order valence-electron chi connectivity index (χ2n) is 7.04. The van der Waals surface area contributed by atoms with Gasteiger partial charge in [0.05, 0.1) is 16.8 Å². The van der Waals surface area contributed by atoms with E-state index in [2.05, 4.69) is 14.7 Å². The molecule has 1 fully saturated rings. The van der Waals surface area contributed by atoms with Crippen LogP contribution in [-0.2, 0) is 14.8 Å². The van der Waals surface area contributed by atoms with Gasteiger partial charge in [-0.1, -0.05) is 19.1 Å². The molecule has 2 heterocycles. The smallest absolute Gasteiger partial charge is 0.428 e. The number of fused-ring (bicyclic) bond motifs is 1. The van der Waals surface area contributed by atoms with Crippen LogP contribution in [0.5, 0.6) is 5.88 Å². The summed E-state index contributed by atoms with van der Waals surface area (Å²) in [7, 11) is -3.88. The average molecular weight is 449 g/mol. The van der Waals surface area contributed by atoms with Crippen molar-refractivity contribution < 1.29 is 36.2 Å². The molecule has 30 heavy (non-hydrogen) atoms. The van der Waals surface area contributed by atoms with Crippen molar-refractivity contribution in [2.45, 2.75) is 44.1 Å². The van der Waals surface area contributed by atoms with Crippen LogP contribution in [0.1, 0.15) is 26.2 Å².